The van der Waals surface area contributed by atoms with Crippen molar-refractivity contribution in [3.05, 3.63) is 68.8 Å². The second kappa shape index (κ2) is 8.59. The summed E-state index contributed by atoms with van der Waals surface area (Å²) in [4.78, 5) is 4.77. The van der Waals surface area contributed by atoms with Gasteiger partial charge in [-0.25, -0.2) is 0 Å². The van der Waals surface area contributed by atoms with Crippen LogP contribution in [-0.4, -0.2) is 38.8 Å². The Labute approximate surface area is 168 Å². The van der Waals surface area contributed by atoms with Gasteiger partial charge in [-0.2, -0.15) is 0 Å². The summed E-state index contributed by atoms with van der Waals surface area (Å²) in [7, 11) is 4.14. The van der Waals surface area contributed by atoms with Crippen LogP contribution < -0.4 is 9.75 Å². The molecule has 2 nitrogen and oxygen atoms in total. The van der Waals surface area contributed by atoms with Gasteiger partial charge in [0, 0.05) is 36.2 Å². The molecule has 136 valence electrons. The standard InChI is InChI=1S/C21H21NOS2.ClH/c1-22(2)12-13-23-14-16-11-10-15-6-5-9-19-20(21(15)24-16)17-7-3-4-8-18(17)25-19;/h3-11H,12-14H2,1-2H3;1H. The van der Waals surface area contributed by atoms with Crippen LogP contribution in [0.15, 0.2) is 59.0 Å². The van der Waals surface area contributed by atoms with Crippen LogP contribution >= 0.6 is 35.5 Å². The van der Waals surface area contributed by atoms with Gasteiger partial charge in [-0.3, -0.25) is 0 Å². The van der Waals surface area contributed by atoms with Crippen LogP contribution in [0.5, 0.6) is 0 Å². The average Bonchev–Trinajstić information content (AvgIpc) is 2.88. The van der Waals surface area contributed by atoms with Crippen molar-refractivity contribution in [2.45, 2.75) is 0 Å². The highest BCUT2D eigenvalue weighted by Crippen LogP contribution is 2.37. The minimum atomic E-state index is 0. The van der Waals surface area contributed by atoms with Gasteiger partial charge in [0.15, 0.2) is 0 Å². The molecule has 0 amide bonds. The first-order valence-corrected chi connectivity index (χ1v) is 10.1. The Morgan fingerprint density at radius 2 is 1.92 bits per heavy atom. The van der Waals surface area contributed by atoms with E-state index in [1.165, 1.54) is 35.2 Å². The molecule has 0 spiro atoms. The Morgan fingerprint density at radius 3 is 2.77 bits per heavy atom. The maximum Gasteiger partial charge on any atom is 0.0779 e. The van der Waals surface area contributed by atoms with E-state index in [2.05, 4.69) is 73.6 Å². The van der Waals surface area contributed by atoms with Crippen molar-refractivity contribution >= 4 is 56.6 Å². The first-order chi connectivity index (χ1) is 12.2. The Kier molecular flexibility index (Phi) is 6.43. The predicted molar refractivity (Wildman–Crippen MR) is 118 cm³/mol. The number of thiophene rings is 1. The summed E-state index contributed by atoms with van der Waals surface area (Å²) >= 11 is 3.73. The number of allylic oxidation sites excluding steroid dienone is 4. The molecule has 5 heteroatoms. The van der Waals surface area contributed by atoms with Crippen LogP contribution in [0.2, 0.25) is 0 Å². The van der Waals surface area contributed by atoms with Gasteiger partial charge in [0.1, 0.15) is 0 Å². The zero-order valence-corrected chi connectivity index (χ0v) is 17.3. The van der Waals surface area contributed by atoms with Crippen molar-refractivity contribution < 1.29 is 4.74 Å². The fourth-order valence-corrected chi connectivity index (χ4v) is 5.27. The first-order valence-electron chi connectivity index (χ1n) is 8.44. The Bertz CT molecular complexity index is 1010. The number of hydrogen-bond acceptors (Lipinski definition) is 4. The summed E-state index contributed by atoms with van der Waals surface area (Å²) in [6.45, 7) is 2.39. The lowest BCUT2D eigenvalue weighted by atomic mass is 10.1. The lowest BCUT2D eigenvalue weighted by Gasteiger charge is -2.16. The number of nitrogens with zero attached hydrogens (tertiary/aromatic N) is 1. The number of thioether (sulfide) groups is 1. The molecule has 2 aliphatic rings. The second-order valence-corrected chi connectivity index (χ2v) is 8.63. The molecular formula is C21H22ClNOS2. The largest absolute Gasteiger partial charge is 0.375 e. The molecule has 0 unspecified atom stereocenters. The van der Waals surface area contributed by atoms with Crippen LogP contribution in [-0.2, 0) is 4.74 Å². The monoisotopic (exact) mass is 403 g/mol. The van der Waals surface area contributed by atoms with Crippen LogP contribution in [0, 0.1) is 0 Å². The molecule has 26 heavy (non-hydrogen) atoms. The van der Waals surface area contributed by atoms with E-state index in [1.807, 2.05) is 23.1 Å². The molecular weight excluding hydrogens is 382 g/mol. The highest BCUT2D eigenvalue weighted by atomic mass is 35.5. The normalized spacial score (nSPS) is 15.6. The highest BCUT2D eigenvalue weighted by molar-refractivity contribution is 8.11. The maximum atomic E-state index is 5.86. The molecule has 2 heterocycles. The highest BCUT2D eigenvalue weighted by Gasteiger charge is 2.16. The minimum absolute atomic E-state index is 0. The predicted octanol–water partition coefficient (Wildman–Crippen LogP) is 3.92. The summed E-state index contributed by atoms with van der Waals surface area (Å²) in [5.41, 5.74) is 1.29. The van der Waals surface area contributed by atoms with Crippen LogP contribution in [0.3, 0.4) is 0 Å². The molecule has 1 aliphatic heterocycles. The topological polar surface area (TPSA) is 12.5 Å². The third kappa shape index (κ3) is 4.00. The molecule has 0 saturated carbocycles. The molecule has 1 aromatic heterocycles. The quantitative estimate of drug-likeness (QED) is 0.702. The van der Waals surface area contributed by atoms with Gasteiger partial charge >= 0.3 is 0 Å². The van der Waals surface area contributed by atoms with Crippen molar-refractivity contribution in [1.82, 2.24) is 4.90 Å². The molecule has 0 atom stereocenters. The van der Waals surface area contributed by atoms with E-state index in [0.717, 1.165) is 13.2 Å². The van der Waals surface area contributed by atoms with E-state index in [4.69, 9.17) is 4.74 Å². The summed E-state index contributed by atoms with van der Waals surface area (Å²) in [6, 6.07) is 8.70. The summed E-state index contributed by atoms with van der Waals surface area (Å²) in [5.74, 6) is 0. The molecule has 1 aliphatic carbocycles. The number of halogens is 1. The van der Waals surface area contributed by atoms with Gasteiger partial charge < -0.3 is 9.64 Å². The molecule has 0 N–H and O–H groups in total. The molecule has 0 radical (unpaired) electrons. The average molecular weight is 404 g/mol. The van der Waals surface area contributed by atoms with Gasteiger partial charge in [-0.05, 0) is 37.9 Å². The number of benzene rings is 1. The maximum absolute atomic E-state index is 5.86. The Balaban J connectivity index is 0.00000196. The molecule has 1 aromatic carbocycles. The van der Waals surface area contributed by atoms with E-state index < -0.39 is 0 Å². The van der Waals surface area contributed by atoms with Gasteiger partial charge in [0.25, 0.3) is 0 Å². The van der Waals surface area contributed by atoms with Crippen molar-refractivity contribution in [3.63, 3.8) is 0 Å². The zero-order chi connectivity index (χ0) is 17.2. The van der Waals surface area contributed by atoms with Gasteiger partial charge in [-0.1, -0.05) is 48.2 Å². The van der Waals surface area contributed by atoms with Crippen molar-refractivity contribution in [2.24, 2.45) is 0 Å². The third-order valence-electron chi connectivity index (χ3n) is 4.24. The number of likely N-dealkylation sites (N-methyl/N-ethyl adjacent to an activating group) is 1. The summed E-state index contributed by atoms with van der Waals surface area (Å²) < 4.78 is 8.55. The van der Waals surface area contributed by atoms with Crippen LogP contribution in [0.25, 0.3) is 21.1 Å². The van der Waals surface area contributed by atoms with E-state index in [1.54, 1.807) is 0 Å². The molecule has 0 saturated heterocycles. The van der Waals surface area contributed by atoms with Crippen molar-refractivity contribution in [1.29, 1.82) is 0 Å². The summed E-state index contributed by atoms with van der Waals surface area (Å²) in [6.07, 6.45) is 11.0. The lowest BCUT2D eigenvalue weighted by molar-refractivity contribution is 0.140. The number of ether oxygens (including phenoxy) is 1. The first kappa shape index (κ1) is 19.5. The number of rotatable bonds is 5. The lowest BCUT2D eigenvalue weighted by Crippen LogP contribution is -2.21. The van der Waals surface area contributed by atoms with Crippen molar-refractivity contribution in [3.8, 4) is 0 Å². The van der Waals surface area contributed by atoms with Crippen LogP contribution in [0.4, 0.5) is 0 Å². The fraction of sp³-hybridized carbons (Fsp3) is 0.238. The molecule has 4 rings (SSSR count). The number of hydrogen-bond donors (Lipinski definition) is 0. The number of fused-ring (bicyclic) bond motifs is 4. The smallest absolute Gasteiger partial charge is 0.0779 e. The SMILES string of the molecule is CN(C)CCOCC1=CC=C2C=CC=c3sc4ccccc4c3=C2S1.Cl. The molecule has 2 aromatic rings. The second-order valence-electron chi connectivity index (χ2n) is 6.41. The molecule has 0 bridgehead atoms. The fourth-order valence-electron chi connectivity index (χ4n) is 2.96. The zero-order valence-electron chi connectivity index (χ0n) is 14.9. The van der Waals surface area contributed by atoms with Gasteiger partial charge in [0.2, 0.25) is 0 Å². The van der Waals surface area contributed by atoms with E-state index in [-0.39, 0.29) is 12.4 Å². The third-order valence-corrected chi connectivity index (χ3v) is 6.54. The van der Waals surface area contributed by atoms with E-state index in [0.29, 0.717) is 6.61 Å². The van der Waals surface area contributed by atoms with Crippen molar-refractivity contribution in [2.75, 3.05) is 33.9 Å². The minimum Gasteiger partial charge on any atom is -0.375 e. The van der Waals surface area contributed by atoms with Gasteiger partial charge in [-0.15, -0.1) is 23.7 Å². The van der Waals surface area contributed by atoms with Crippen LogP contribution in [0.1, 0.15) is 0 Å². The molecule has 0 fully saturated rings. The van der Waals surface area contributed by atoms with E-state index in [9.17, 15) is 0 Å². The summed E-state index contributed by atoms with van der Waals surface area (Å²) in [5, 5.41) is 2.73. The van der Waals surface area contributed by atoms with Gasteiger partial charge in [0.05, 0.1) is 13.2 Å². The van der Waals surface area contributed by atoms with E-state index >= 15 is 0 Å². The Hall–Kier alpha value is -1.30. The Morgan fingerprint density at radius 1 is 1.08 bits per heavy atom.